The van der Waals surface area contributed by atoms with E-state index >= 15 is 0 Å². The fourth-order valence-corrected chi connectivity index (χ4v) is 2.90. The zero-order valence-electron chi connectivity index (χ0n) is 10.3. The van der Waals surface area contributed by atoms with Crippen LogP contribution in [0.5, 0.6) is 0 Å². The summed E-state index contributed by atoms with van der Waals surface area (Å²) in [6.45, 7) is 3.11. The van der Waals surface area contributed by atoms with Gasteiger partial charge in [0, 0.05) is 12.6 Å². The van der Waals surface area contributed by atoms with E-state index in [9.17, 15) is 5.11 Å². The molecule has 0 amide bonds. The van der Waals surface area contributed by atoms with E-state index in [1.54, 1.807) is 0 Å². The number of likely N-dealkylation sites (N-methyl/N-ethyl adjacent to an activating group) is 1. The molecule has 15 heavy (non-hydrogen) atoms. The van der Waals surface area contributed by atoms with E-state index in [1.165, 1.54) is 25.0 Å². The zero-order chi connectivity index (χ0) is 11.3. The molecule has 0 aliphatic heterocycles. The number of hydrogen-bond acceptors (Lipinski definition) is 3. The Morgan fingerprint density at radius 3 is 2.53 bits per heavy atom. The number of aliphatic hydroxyl groups is 1. The third kappa shape index (κ3) is 4.33. The van der Waals surface area contributed by atoms with E-state index in [0.717, 1.165) is 19.4 Å². The van der Waals surface area contributed by atoms with Gasteiger partial charge in [0.25, 0.3) is 0 Å². The Labute approximate surface area is 98.4 Å². The maximum atomic E-state index is 10.3. The average Bonchev–Trinajstić information content (AvgIpc) is 2.61. The summed E-state index contributed by atoms with van der Waals surface area (Å²) in [5.74, 6) is 1.21. The van der Waals surface area contributed by atoms with Gasteiger partial charge in [0.2, 0.25) is 0 Å². The van der Waals surface area contributed by atoms with Gasteiger partial charge in [-0.1, -0.05) is 12.8 Å². The van der Waals surface area contributed by atoms with Gasteiger partial charge in [0.15, 0.2) is 0 Å². The first kappa shape index (κ1) is 13.3. The molecule has 1 unspecified atom stereocenters. The molecular weight excluding hydrogens is 206 g/mol. The van der Waals surface area contributed by atoms with Gasteiger partial charge in [0.1, 0.15) is 0 Å². The van der Waals surface area contributed by atoms with Crippen molar-refractivity contribution in [1.82, 2.24) is 4.90 Å². The second-order valence-electron chi connectivity index (χ2n) is 4.98. The lowest BCUT2D eigenvalue weighted by molar-refractivity contribution is 0.00696. The smallest absolute Gasteiger partial charge is 0.0774 e. The Hall–Kier alpha value is 0.270. The highest BCUT2D eigenvalue weighted by Crippen LogP contribution is 2.30. The van der Waals surface area contributed by atoms with Gasteiger partial charge in [-0.05, 0) is 45.2 Å². The fraction of sp³-hybridized carbons (Fsp3) is 1.00. The van der Waals surface area contributed by atoms with Crippen LogP contribution >= 0.6 is 11.8 Å². The third-order valence-electron chi connectivity index (χ3n) is 3.57. The zero-order valence-corrected chi connectivity index (χ0v) is 11.1. The standard InChI is InChI=1S/C12H25NOS/c1-11(6-9-15-3)13(2)10-12(14)7-4-5-8-12/h11,14H,4-10H2,1-3H3. The van der Waals surface area contributed by atoms with Crippen molar-refractivity contribution in [3.8, 4) is 0 Å². The number of rotatable bonds is 6. The summed E-state index contributed by atoms with van der Waals surface area (Å²) in [6.07, 6.45) is 7.75. The normalized spacial score (nSPS) is 22.2. The van der Waals surface area contributed by atoms with E-state index in [4.69, 9.17) is 0 Å². The van der Waals surface area contributed by atoms with Gasteiger partial charge in [-0.3, -0.25) is 0 Å². The molecule has 0 radical (unpaired) electrons. The fourth-order valence-electron chi connectivity index (χ4n) is 2.32. The van der Waals surface area contributed by atoms with E-state index in [-0.39, 0.29) is 5.60 Å². The van der Waals surface area contributed by atoms with E-state index in [1.807, 2.05) is 11.8 Å². The maximum absolute atomic E-state index is 10.3. The lowest BCUT2D eigenvalue weighted by Gasteiger charge is -2.32. The lowest BCUT2D eigenvalue weighted by Crippen LogP contribution is -2.43. The highest BCUT2D eigenvalue weighted by atomic mass is 32.2. The molecule has 1 fully saturated rings. The maximum Gasteiger partial charge on any atom is 0.0774 e. The van der Waals surface area contributed by atoms with Gasteiger partial charge in [0.05, 0.1) is 5.60 Å². The number of thioether (sulfide) groups is 1. The van der Waals surface area contributed by atoms with Crippen LogP contribution in [0.25, 0.3) is 0 Å². The van der Waals surface area contributed by atoms with Crippen LogP contribution in [0.2, 0.25) is 0 Å². The van der Waals surface area contributed by atoms with E-state index in [2.05, 4.69) is 25.1 Å². The van der Waals surface area contributed by atoms with Gasteiger partial charge in [-0.25, -0.2) is 0 Å². The molecule has 0 aromatic heterocycles. The SMILES string of the molecule is CSCCC(C)N(C)CC1(O)CCCC1. The van der Waals surface area contributed by atoms with Crippen molar-refractivity contribution in [2.45, 2.75) is 50.7 Å². The van der Waals surface area contributed by atoms with Crippen LogP contribution in [0.15, 0.2) is 0 Å². The molecule has 3 heteroatoms. The molecule has 0 aromatic carbocycles. The number of hydrogen-bond donors (Lipinski definition) is 1. The molecule has 0 aromatic rings. The van der Waals surface area contributed by atoms with Crippen molar-refractivity contribution in [1.29, 1.82) is 0 Å². The quantitative estimate of drug-likeness (QED) is 0.759. The minimum atomic E-state index is -0.387. The van der Waals surface area contributed by atoms with Crippen molar-refractivity contribution in [3.63, 3.8) is 0 Å². The molecule has 0 spiro atoms. The number of nitrogens with zero attached hydrogens (tertiary/aromatic N) is 1. The highest BCUT2D eigenvalue weighted by Gasteiger charge is 2.32. The Morgan fingerprint density at radius 1 is 1.40 bits per heavy atom. The molecule has 1 aliphatic rings. The topological polar surface area (TPSA) is 23.5 Å². The van der Waals surface area contributed by atoms with Crippen molar-refractivity contribution in [2.24, 2.45) is 0 Å². The molecule has 0 bridgehead atoms. The van der Waals surface area contributed by atoms with Crippen molar-refractivity contribution in [3.05, 3.63) is 0 Å². The van der Waals surface area contributed by atoms with Gasteiger partial charge >= 0.3 is 0 Å². The molecular formula is C12H25NOS. The minimum absolute atomic E-state index is 0.387. The molecule has 1 rings (SSSR count). The molecule has 0 heterocycles. The largest absolute Gasteiger partial charge is 0.389 e. The Morgan fingerprint density at radius 2 is 2.00 bits per heavy atom. The second kappa shape index (κ2) is 6.12. The summed E-state index contributed by atoms with van der Waals surface area (Å²) >= 11 is 1.90. The molecule has 1 aliphatic carbocycles. The van der Waals surface area contributed by atoms with Crippen molar-refractivity contribution < 1.29 is 5.11 Å². The Balaban J connectivity index is 2.30. The highest BCUT2D eigenvalue weighted by molar-refractivity contribution is 7.98. The third-order valence-corrected chi connectivity index (χ3v) is 4.21. The Kier molecular flexibility index (Phi) is 5.44. The lowest BCUT2D eigenvalue weighted by atomic mass is 10.0. The molecule has 2 nitrogen and oxygen atoms in total. The molecule has 1 saturated carbocycles. The van der Waals surface area contributed by atoms with E-state index < -0.39 is 0 Å². The predicted molar refractivity (Wildman–Crippen MR) is 68.5 cm³/mol. The molecule has 1 atom stereocenters. The van der Waals surface area contributed by atoms with Crippen LogP contribution < -0.4 is 0 Å². The molecule has 0 saturated heterocycles. The predicted octanol–water partition coefficient (Wildman–Crippen LogP) is 2.36. The molecule has 90 valence electrons. The van der Waals surface area contributed by atoms with Gasteiger partial charge in [-0.2, -0.15) is 11.8 Å². The van der Waals surface area contributed by atoms with Crippen LogP contribution in [0.3, 0.4) is 0 Å². The first-order valence-electron chi connectivity index (χ1n) is 5.99. The first-order valence-corrected chi connectivity index (χ1v) is 7.38. The average molecular weight is 231 g/mol. The summed E-state index contributed by atoms with van der Waals surface area (Å²) in [6, 6.07) is 0.585. The van der Waals surface area contributed by atoms with Crippen LogP contribution in [0, 0.1) is 0 Å². The van der Waals surface area contributed by atoms with Crippen LogP contribution in [0.4, 0.5) is 0 Å². The summed E-state index contributed by atoms with van der Waals surface area (Å²) in [7, 11) is 2.14. The monoisotopic (exact) mass is 231 g/mol. The van der Waals surface area contributed by atoms with Crippen LogP contribution in [-0.2, 0) is 0 Å². The Bertz CT molecular complexity index is 180. The van der Waals surface area contributed by atoms with Crippen LogP contribution in [-0.4, -0.2) is 47.3 Å². The summed E-state index contributed by atoms with van der Waals surface area (Å²) in [5.41, 5.74) is -0.387. The second-order valence-corrected chi connectivity index (χ2v) is 5.96. The van der Waals surface area contributed by atoms with Crippen molar-refractivity contribution >= 4 is 11.8 Å². The summed E-state index contributed by atoms with van der Waals surface area (Å²) in [4.78, 5) is 2.32. The van der Waals surface area contributed by atoms with Crippen molar-refractivity contribution in [2.75, 3.05) is 25.6 Å². The van der Waals surface area contributed by atoms with E-state index in [0.29, 0.717) is 6.04 Å². The summed E-state index contributed by atoms with van der Waals surface area (Å²) < 4.78 is 0. The first-order chi connectivity index (χ1) is 7.07. The van der Waals surface area contributed by atoms with Crippen LogP contribution in [0.1, 0.15) is 39.0 Å². The minimum Gasteiger partial charge on any atom is -0.389 e. The van der Waals surface area contributed by atoms with Gasteiger partial charge in [-0.15, -0.1) is 0 Å². The summed E-state index contributed by atoms with van der Waals surface area (Å²) in [5, 5.41) is 10.3. The van der Waals surface area contributed by atoms with Gasteiger partial charge < -0.3 is 10.0 Å². The molecule has 1 N–H and O–H groups in total.